The Labute approximate surface area is 150 Å². The summed E-state index contributed by atoms with van der Waals surface area (Å²) in [5, 5.41) is 8.21. The van der Waals surface area contributed by atoms with Crippen LogP contribution in [-0.2, 0) is 4.74 Å². The lowest BCUT2D eigenvalue weighted by Crippen LogP contribution is -2.42. The van der Waals surface area contributed by atoms with Gasteiger partial charge < -0.3 is 10.1 Å². The van der Waals surface area contributed by atoms with Gasteiger partial charge in [0.1, 0.15) is 0 Å². The minimum atomic E-state index is 0.560. The van der Waals surface area contributed by atoms with E-state index >= 15 is 0 Å². The van der Waals surface area contributed by atoms with E-state index in [1.165, 1.54) is 22.3 Å². The van der Waals surface area contributed by atoms with Crippen molar-refractivity contribution in [2.24, 2.45) is 5.10 Å². The second-order valence-corrected chi connectivity index (χ2v) is 6.70. The van der Waals surface area contributed by atoms with Gasteiger partial charge in [-0.25, -0.2) is 0 Å². The Bertz CT molecular complexity index is 586. The maximum atomic E-state index is 5.34. The zero-order chi connectivity index (χ0) is 17.5. The molecular weight excluding hydrogens is 320 g/mol. The van der Waals surface area contributed by atoms with E-state index in [-0.39, 0.29) is 0 Å². The molecule has 0 radical (unpaired) electrons. The van der Waals surface area contributed by atoms with Crippen molar-refractivity contribution in [2.75, 3.05) is 39.4 Å². The lowest BCUT2D eigenvalue weighted by atomic mass is 9.97. The lowest BCUT2D eigenvalue weighted by molar-refractivity contribution is 0.0389. The Balaban J connectivity index is 1.82. The zero-order valence-electron chi connectivity index (χ0n) is 15.1. The summed E-state index contributed by atoms with van der Waals surface area (Å²) in [4.78, 5) is 2.37. The fourth-order valence-electron chi connectivity index (χ4n) is 3.13. The first kappa shape index (κ1) is 18.8. The van der Waals surface area contributed by atoms with Crippen molar-refractivity contribution in [3.63, 3.8) is 0 Å². The van der Waals surface area contributed by atoms with Crippen molar-refractivity contribution in [3.05, 3.63) is 34.4 Å². The van der Waals surface area contributed by atoms with Gasteiger partial charge in [0, 0.05) is 31.7 Å². The van der Waals surface area contributed by atoms with E-state index in [1.807, 2.05) is 6.92 Å². The molecule has 0 spiro atoms. The number of morpholine rings is 1. The minimum absolute atomic E-state index is 0.560. The first-order chi connectivity index (χ1) is 11.5. The number of thiocarbonyl (C=S) groups is 1. The van der Waals surface area contributed by atoms with Gasteiger partial charge in [-0.05, 0) is 51.0 Å². The molecule has 6 heteroatoms. The molecule has 0 saturated carbocycles. The number of benzene rings is 1. The van der Waals surface area contributed by atoms with Crippen LogP contribution in [0.4, 0.5) is 0 Å². The summed E-state index contributed by atoms with van der Waals surface area (Å²) < 4.78 is 5.34. The molecule has 1 aliphatic heterocycles. The number of nitrogens with zero attached hydrogens (tertiary/aromatic N) is 2. The molecule has 1 fully saturated rings. The van der Waals surface area contributed by atoms with Gasteiger partial charge in [0.2, 0.25) is 0 Å². The van der Waals surface area contributed by atoms with E-state index in [0.717, 1.165) is 45.1 Å². The van der Waals surface area contributed by atoms with Crippen LogP contribution in [-0.4, -0.2) is 55.1 Å². The molecule has 0 aromatic heterocycles. The minimum Gasteiger partial charge on any atom is -0.379 e. The normalized spacial score (nSPS) is 16.1. The van der Waals surface area contributed by atoms with Crippen molar-refractivity contribution in [1.82, 2.24) is 15.6 Å². The van der Waals surface area contributed by atoms with Crippen LogP contribution in [0.15, 0.2) is 17.2 Å². The highest BCUT2D eigenvalue weighted by molar-refractivity contribution is 7.80. The summed E-state index contributed by atoms with van der Waals surface area (Å²) in [5.74, 6) is 0. The number of nitrogens with one attached hydrogen (secondary N) is 2. The molecule has 24 heavy (non-hydrogen) atoms. The Morgan fingerprint density at radius 1 is 1.21 bits per heavy atom. The standard InChI is InChI=1S/C18H28N4OS/c1-13-11-14(2)17(15(3)12-13)16(4)20-21-18(24)19-5-6-22-7-9-23-10-8-22/h11-12H,5-10H2,1-4H3,(H2,19,21,24)/b20-16-. The van der Waals surface area contributed by atoms with E-state index in [2.05, 4.69) is 53.6 Å². The van der Waals surface area contributed by atoms with E-state index in [1.54, 1.807) is 0 Å². The van der Waals surface area contributed by atoms with Crippen LogP contribution < -0.4 is 10.7 Å². The van der Waals surface area contributed by atoms with Crippen molar-refractivity contribution in [2.45, 2.75) is 27.7 Å². The maximum Gasteiger partial charge on any atom is 0.187 e. The number of rotatable bonds is 5. The summed E-state index contributed by atoms with van der Waals surface area (Å²) in [6.07, 6.45) is 0. The average Bonchev–Trinajstić information content (AvgIpc) is 2.53. The number of hydrogen-bond donors (Lipinski definition) is 2. The van der Waals surface area contributed by atoms with E-state index in [9.17, 15) is 0 Å². The first-order valence-corrected chi connectivity index (χ1v) is 8.84. The molecule has 1 aromatic rings. The molecule has 132 valence electrons. The van der Waals surface area contributed by atoms with Gasteiger partial charge in [-0.1, -0.05) is 17.7 Å². The molecule has 0 atom stereocenters. The predicted molar refractivity (Wildman–Crippen MR) is 104 cm³/mol. The zero-order valence-corrected chi connectivity index (χ0v) is 15.9. The number of hydrazone groups is 1. The Morgan fingerprint density at radius 3 is 2.46 bits per heavy atom. The second-order valence-electron chi connectivity index (χ2n) is 6.29. The van der Waals surface area contributed by atoms with Crippen molar-refractivity contribution in [1.29, 1.82) is 0 Å². The highest BCUT2D eigenvalue weighted by Crippen LogP contribution is 2.17. The van der Waals surface area contributed by atoms with Gasteiger partial charge in [-0.2, -0.15) is 5.10 Å². The highest BCUT2D eigenvalue weighted by Gasteiger charge is 2.10. The Kier molecular flexibility index (Phi) is 7.15. The number of ether oxygens (including phenoxy) is 1. The third-order valence-corrected chi connectivity index (χ3v) is 4.42. The molecule has 5 nitrogen and oxygen atoms in total. The van der Waals surface area contributed by atoms with Gasteiger partial charge in [-0.3, -0.25) is 10.3 Å². The van der Waals surface area contributed by atoms with Gasteiger partial charge in [0.25, 0.3) is 0 Å². The Morgan fingerprint density at radius 2 is 1.83 bits per heavy atom. The predicted octanol–water partition coefficient (Wildman–Crippen LogP) is 2.13. The average molecular weight is 349 g/mol. The number of aryl methyl sites for hydroxylation is 3. The summed E-state index contributed by atoms with van der Waals surface area (Å²) in [6, 6.07) is 4.36. The highest BCUT2D eigenvalue weighted by atomic mass is 32.1. The second kappa shape index (κ2) is 9.11. The van der Waals surface area contributed by atoms with Crippen LogP contribution in [0.1, 0.15) is 29.2 Å². The summed E-state index contributed by atoms with van der Waals surface area (Å²) >= 11 is 5.30. The maximum absolute atomic E-state index is 5.34. The van der Waals surface area contributed by atoms with Crippen LogP contribution in [0.25, 0.3) is 0 Å². The largest absolute Gasteiger partial charge is 0.379 e. The molecular formula is C18H28N4OS. The van der Waals surface area contributed by atoms with Crippen LogP contribution >= 0.6 is 12.2 Å². The van der Waals surface area contributed by atoms with Crippen molar-refractivity contribution >= 4 is 23.0 Å². The molecule has 0 bridgehead atoms. The molecule has 0 aliphatic carbocycles. The van der Waals surface area contributed by atoms with E-state index < -0.39 is 0 Å². The van der Waals surface area contributed by atoms with Gasteiger partial charge >= 0.3 is 0 Å². The lowest BCUT2D eigenvalue weighted by Gasteiger charge is -2.26. The quantitative estimate of drug-likeness (QED) is 0.485. The number of hydrogen-bond acceptors (Lipinski definition) is 4. The fourth-order valence-corrected chi connectivity index (χ4v) is 3.28. The molecule has 2 rings (SSSR count). The fraction of sp³-hybridized carbons (Fsp3) is 0.556. The van der Waals surface area contributed by atoms with Crippen LogP contribution in [0.3, 0.4) is 0 Å². The molecule has 2 N–H and O–H groups in total. The molecule has 1 aromatic carbocycles. The third kappa shape index (κ3) is 5.54. The van der Waals surface area contributed by atoms with Gasteiger partial charge in [0.05, 0.1) is 18.9 Å². The van der Waals surface area contributed by atoms with Crippen LogP contribution in [0.5, 0.6) is 0 Å². The SMILES string of the molecule is C/C(=N/NC(=S)NCCN1CCOCC1)c1c(C)cc(C)cc1C. The van der Waals surface area contributed by atoms with Crippen molar-refractivity contribution < 1.29 is 4.74 Å². The van der Waals surface area contributed by atoms with Crippen LogP contribution in [0, 0.1) is 20.8 Å². The monoisotopic (exact) mass is 348 g/mol. The van der Waals surface area contributed by atoms with Gasteiger partial charge in [0.15, 0.2) is 5.11 Å². The summed E-state index contributed by atoms with van der Waals surface area (Å²) in [6.45, 7) is 13.8. The van der Waals surface area contributed by atoms with Gasteiger partial charge in [-0.15, -0.1) is 0 Å². The van der Waals surface area contributed by atoms with E-state index in [4.69, 9.17) is 17.0 Å². The smallest absolute Gasteiger partial charge is 0.187 e. The summed E-state index contributed by atoms with van der Waals surface area (Å²) in [7, 11) is 0. The molecule has 1 saturated heterocycles. The molecule has 1 heterocycles. The first-order valence-electron chi connectivity index (χ1n) is 8.44. The van der Waals surface area contributed by atoms with E-state index in [0.29, 0.717) is 5.11 Å². The summed E-state index contributed by atoms with van der Waals surface area (Å²) in [5.41, 5.74) is 8.83. The molecule has 1 aliphatic rings. The Hall–Kier alpha value is -1.50. The van der Waals surface area contributed by atoms with Crippen LogP contribution in [0.2, 0.25) is 0 Å². The van der Waals surface area contributed by atoms with Crippen molar-refractivity contribution in [3.8, 4) is 0 Å². The molecule has 0 unspecified atom stereocenters. The third-order valence-electron chi connectivity index (χ3n) is 4.18. The topological polar surface area (TPSA) is 48.9 Å². The molecule has 0 amide bonds.